The number of halogens is 2. The van der Waals surface area contributed by atoms with Gasteiger partial charge in [-0.25, -0.2) is 9.38 Å². The number of nitrogens with one attached hydrogen (secondary N) is 3. The number of hydrogen-bond donors (Lipinski definition) is 3. The standard InChI is InChI=1S/C19H29FN4O.HI/c1-2-21-19(22-13-12-15-8-10-16(20)11-9-15)23-14-18(25)24-17-6-4-3-5-7-17;/h8-11,17H,2-7,12-14H2,1H3,(H,24,25)(H2,21,22,23);1H. The molecule has 0 radical (unpaired) electrons. The molecule has 1 aliphatic carbocycles. The fraction of sp³-hybridized carbons (Fsp3) is 0.579. The maximum atomic E-state index is 12.9. The first-order valence-electron chi connectivity index (χ1n) is 9.23. The van der Waals surface area contributed by atoms with E-state index in [0.29, 0.717) is 18.5 Å². The number of carbonyl (C=O) groups excluding carboxylic acids is 1. The summed E-state index contributed by atoms with van der Waals surface area (Å²) < 4.78 is 12.9. The van der Waals surface area contributed by atoms with Gasteiger partial charge >= 0.3 is 0 Å². The molecule has 1 aromatic rings. The van der Waals surface area contributed by atoms with E-state index in [2.05, 4.69) is 20.9 Å². The highest BCUT2D eigenvalue weighted by Gasteiger charge is 2.15. The van der Waals surface area contributed by atoms with E-state index >= 15 is 0 Å². The van der Waals surface area contributed by atoms with Crippen molar-refractivity contribution < 1.29 is 9.18 Å². The van der Waals surface area contributed by atoms with Crippen LogP contribution in [0, 0.1) is 5.82 Å². The number of amides is 1. The van der Waals surface area contributed by atoms with Crippen LogP contribution in [0.3, 0.4) is 0 Å². The van der Waals surface area contributed by atoms with Crippen LogP contribution >= 0.6 is 24.0 Å². The fourth-order valence-electron chi connectivity index (χ4n) is 2.99. The van der Waals surface area contributed by atoms with Crippen molar-refractivity contribution >= 4 is 35.8 Å². The highest BCUT2D eigenvalue weighted by atomic mass is 127. The molecule has 1 aliphatic rings. The highest BCUT2D eigenvalue weighted by Crippen LogP contribution is 2.17. The van der Waals surface area contributed by atoms with Gasteiger partial charge in [0.2, 0.25) is 5.91 Å². The first kappa shape index (κ1) is 22.7. The van der Waals surface area contributed by atoms with Gasteiger partial charge in [-0.15, -0.1) is 24.0 Å². The van der Waals surface area contributed by atoms with Crippen molar-refractivity contribution in [3.8, 4) is 0 Å². The van der Waals surface area contributed by atoms with E-state index in [1.165, 1.54) is 31.4 Å². The minimum atomic E-state index is -0.226. The summed E-state index contributed by atoms with van der Waals surface area (Å²) in [5, 5.41) is 9.41. The molecule has 1 aromatic carbocycles. The van der Waals surface area contributed by atoms with Gasteiger partial charge in [0.05, 0.1) is 0 Å². The molecular weight excluding hydrogens is 446 g/mol. The van der Waals surface area contributed by atoms with E-state index in [-0.39, 0.29) is 42.2 Å². The monoisotopic (exact) mass is 476 g/mol. The lowest BCUT2D eigenvalue weighted by atomic mass is 9.95. The maximum absolute atomic E-state index is 12.9. The van der Waals surface area contributed by atoms with Gasteiger partial charge in [0, 0.05) is 19.1 Å². The molecular formula is C19H30FIN4O. The number of nitrogens with zero attached hydrogens (tertiary/aromatic N) is 1. The van der Waals surface area contributed by atoms with E-state index < -0.39 is 0 Å². The number of hydrogen-bond acceptors (Lipinski definition) is 2. The third-order valence-electron chi connectivity index (χ3n) is 4.31. The van der Waals surface area contributed by atoms with E-state index in [1.54, 1.807) is 12.1 Å². The molecule has 1 amide bonds. The molecule has 1 saturated carbocycles. The Balaban J connectivity index is 0.00000338. The highest BCUT2D eigenvalue weighted by molar-refractivity contribution is 14.0. The van der Waals surface area contributed by atoms with Gasteiger partial charge < -0.3 is 16.0 Å². The number of aliphatic imine (C=N–C) groups is 1. The summed E-state index contributed by atoms with van der Waals surface area (Å²) in [5.41, 5.74) is 1.06. The van der Waals surface area contributed by atoms with Crippen molar-refractivity contribution in [2.24, 2.45) is 4.99 Å². The lowest BCUT2D eigenvalue weighted by Gasteiger charge is -2.22. The number of rotatable bonds is 7. The summed E-state index contributed by atoms with van der Waals surface area (Å²) in [5.74, 6) is 0.377. The predicted molar refractivity (Wildman–Crippen MR) is 115 cm³/mol. The summed E-state index contributed by atoms with van der Waals surface area (Å²) in [6.45, 7) is 3.51. The number of carbonyl (C=O) groups is 1. The summed E-state index contributed by atoms with van der Waals surface area (Å²) in [6, 6.07) is 6.79. The molecule has 0 atom stereocenters. The van der Waals surface area contributed by atoms with Crippen LogP contribution in [0.4, 0.5) is 4.39 Å². The van der Waals surface area contributed by atoms with Crippen LogP contribution in [0.25, 0.3) is 0 Å². The normalized spacial score (nSPS) is 15.1. The molecule has 146 valence electrons. The second kappa shape index (κ2) is 12.9. The molecule has 1 fully saturated rings. The van der Waals surface area contributed by atoms with Gasteiger partial charge in [-0.3, -0.25) is 4.79 Å². The molecule has 26 heavy (non-hydrogen) atoms. The summed E-state index contributed by atoms with van der Waals surface area (Å²) in [4.78, 5) is 16.4. The van der Waals surface area contributed by atoms with Crippen LogP contribution in [-0.2, 0) is 11.2 Å². The van der Waals surface area contributed by atoms with Crippen LogP contribution in [-0.4, -0.2) is 37.5 Å². The lowest BCUT2D eigenvalue weighted by molar-refractivity contribution is -0.120. The molecule has 2 rings (SSSR count). The van der Waals surface area contributed by atoms with Crippen molar-refractivity contribution in [1.82, 2.24) is 16.0 Å². The lowest BCUT2D eigenvalue weighted by Crippen LogP contribution is -2.41. The van der Waals surface area contributed by atoms with Crippen LogP contribution in [0.2, 0.25) is 0 Å². The van der Waals surface area contributed by atoms with Gasteiger partial charge in [-0.1, -0.05) is 31.4 Å². The molecule has 0 aromatic heterocycles. The Morgan fingerprint density at radius 1 is 1.15 bits per heavy atom. The van der Waals surface area contributed by atoms with E-state index in [4.69, 9.17) is 0 Å². The van der Waals surface area contributed by atoms with Gasteiger partial charge in [0.25, 0.3) is 0 Å². The van der Waals surface area contributed by atoms with Crippen LogP contribution in [0.15, 0.2) is 29.3 Å². The molecule has 7 heteroatoms. The van der Waals surface area contributed by atoms with Gasteiger partial charge in [0.1, 0.15) is 12.4 Å². The zero-order chi connectivity index (χ0) is 17.9. The SMILES string of the molecule is CCNC(=NCC(=O)NC1CCCCC1)NCCc1ccc(F)cc1.I. The van der Waals surface area contributed by atoms with Gasteiger partial charge in [-0.2, -0.15) is 0 Å². The molecule has 0 spiro atoms. The van der Waals surface area contributed by atoms with Crippen LogP contribution in [0.5, 0.6) is 0 Å². The third kappa shape index (κ3) is 8.82. The average Bonchev–Trinajstić information content (AvgIpc) is 2.62. The smallest absolute Gasteiger partial charge is 0.242 e. The molecule has 0 heterocycles. The quantitative estimate of drug-likeness (QED) is 0.322. The van der Waals surface area contributed by atoms with Crippen molar-refractivity contribution in [3.05, 3.63) is 35.6 Å². The van der Waals surface area contributed by atoms with Gasteiger partial charge in [0.15, 0.2) is 5.96 Å². The Morgan fingerprint density at radius 3 is 2.50 bits per heavy atom. The molecule has 3 N–H and O–H groups in total. The maximum Gasteiger partial charge on any atom is 0.242 e. The Morgan fingerprint density at radius 2 is 1.85 bits per heavy atom. The van der Waals surface area contributed by atoms with Crippen LogP contribution < -0.4 is 16.0 Å². The minimum absolute atomic E-state index is 0. The minimum Gasteiger partial charge on any atom is -0.357 e. The molecule has 0 unspecified atom stereocenters. The molecule has 0 aliphatic heterocycles. The Bertz CT molecular complexity index is 559. The summed E-state index contributed by atoms with van der Waals surface area (Å²) >= 11 is 0. The Labute approximate surface area is 172 Å². The van der Waals surface area contributed by atoms with Crippen molar-refractivity contribution in [2.75, 3.05) is 19.6 Å². The first-order valence-corrected chi connectivity index (χ1v) is 9.23. The summed E-state index contributed by atoms with van der Waals surface area (Å²) in [7, 11) is 0. The van der Waals surface area contributed by atoms with Crippen molar-refractivity contribution in [2.45, 2.75) is 51.5 Å². The number of guanidine groups is 1. The third-order valence-corrected chi connectivity index (χ3v) is 4.31. The van der Waals surface area contributed by atoms with E-state index in [9.17, 15) is 9.18 Å². The Hall–Kier alpha value is -1.38. The molecule has 5 nitrogen and oxygen atoms in total. The van der Waals surface area contributed by atoms with E-state index in [0.717, 1.165) is 31.4 Å². The Kier molecular flexibility index (Phi) is 11.2. The zero-order valence-electron chi connectivity index (χ0n) is 15.4. The fourth-order valence-corrected chi connectivity index (χ4v) is 2.99. The molecule has 0 saturated heterocycles. The second-order valence-electron chi connectivity index (χ2n) is 6.40. The van der Waals surface area contributed by atoms with Crippen molar-refractivity contribution in [3.63, 3.8) is 0 Å². The largest absolute Gasteiger partial charge is 0.357 e. The number of benzene rings is 1. The topological polar surface area (TPSA) is 65.5 Å². The molecule has 0 bridgehead atoms. The van der Waals surface area contributed by atoms with E-state index in [1.807, 2.05) is 6.92 Å². The second-order valence-corrected chi connectivity index (χ2v) is 6.40. The first-order chi connectivity index (χ1) is 12.2. The van der Waals surface area contributed by atoms with Gasteiger partial charge in [-0.05, 0) is 43.9 Å². The van der Waals surface area contributed by atoms with Crippen LogP contribution in [0.1, 0.15) is 44.6 Å². The van der Waals surface area contributed by atoms with Crippen molar-refractivity contribution in [1.29, 1.82) is 0 Å². The predicted octanol–water partition coefficient (Wildman–Crippen LogP) is 2.99. The zero-order valence-corrected chi connectivity index (χ0v) is 17.7. The average molecular weight is 476 g/mol. The summed E-state index contributed by atoms with van der Waals surface area (Å²) in [6.07, 6.45) is 6.58.